The van der Waals surface area contributed by atoms with E-state index in [4.69, 9.17) is 10.1 Å². The molecule has 5 nitrogen and oxygen atoms in total. The molecule has 0 saturated heterocycles. The first-order valence-electron chi connectivity index (χ1n) is 11.4. The van der Waals surface area contributed by atoms with Crippen LogP contribution in [0.2, 0.25) is 0 Å². The van der Waals surface area contributed by atoms with E-state index in [1.165, 1.54) is 30.7 Å². The fraction of sp³-hybridized carbons (Fsp3) is 0.385. The van der Waals surface area contributed by atoms with Crippen molar-refractivity contribution < 1.29 is 27.8 Å². The zero-order valence-electron chi connectivity index (χ0n) is 20.8. The van der Waals surface area contributed by atoms with Crippen LogP contribution in [0.15, 0.2) is 35.7 Å². The topological polar surface area (TPSA) is 96.4 Å². The molecule has 199 valence electrons. The summed E-state index contributed by atoms with van der Waals surface area (Å²) >= 11 is 4.41. The number of nitrogens with two attached hydrogens (primary N) is 1. The number of carbonyl (C=O) groups is 1. The maximum Gasteiger partial charge on any atom is -0.103 e. The summed E-state index contributed by atoms with van der Waals surface area (Å²) in [5.74, 6) is -0.589. The van der Waals surface area contributed by atoms with Crippen LogP contribution in [0.1, 0.15) is 78.1 Å². The van der Waals surface area contributed by atoms with Crippen LogP contribution < -0.4 is 13.0 Å². The number of alkyl halides is 3. The molecule has 0 aliphatic heterocycles. The van der Waals surface area contributed by atoms with Crippen molar-refractivity contribution >= 4 is 70.6 Å². The molecule has 2 aromatic rings. The maximum absolute atomic E-state index is 13.9. The molecule has 4 N–H and O–H groups in total. The van der Waals surface area contributed by atoms with E-state index in [1.807, 2.05) is 0 Å². The second-order valence-electron chi connectivity index (χ2n) is 9.44. The Balaban J connectivity index is 0.00000235. The molecule has 1 aliphatic carbocycles. The predicted octanol–water partition coefficient (Wildman–Crippen LogP) is 6.41. The van der Waals surface area contributed by atoms with Crippen LogP contribution >= 0.6 is 24.6 Å². The van der Waals surface area contributed by atoms with Gasteiger partial charge in [-0.15, -0.1) is 12.8 Å². The number of methoxy groups -OCH3 is 1. The number of aromatic carboxylic acids is 1. The summed E-state index contributed by atoms with van der Waals surface area (Å²) in [5.41, 5.74) is 0.760. The Morgan fingerprint density at radius 3 is 2.38 bits per heavy atom. The molecule has 37 heavy (non-hydrogen) atoms. The SMILES string of the molecule is COc1cc(C(=O)O)[c]([Pb])cc1/C=C/SC(=N)c1ccc(C2CCC(C)(C)CC2)cc1C(F)(F)F.NS. The van der Waals surface area contributed by atoms with Gasteiger partial charge in [0, 0.05) is 0 Å². The summed E-state index contributed by atoms with van der Waals surface area (Å²) < 4.78 is 47.7. The Hall–Kier alpha value is -1.51. The smallest absolute Gasteiger partial charge is 0.103 e. The van der Waals surface area contributed by atoms with Crippen molar-refractivity contribution in [2.45, 2.75) is 51.6 Å². The number of thiol groups is 1. The van der Waals surface area contributed by atoms with Crippen molar-refractivity contribution in [1.82, 2.24) is 0 Å². The Morgan fingerprint density at radius 1 is 1.22 bits per heavy atom. The quantitative estimate of drug-likeness (QED) is 0.119. The molecule has 3 radical (unpaired) electrons. The zero-order chi connectivity index (χ0) is 28.0. The molecule has 0 heterocycles. The number of halogens is 3. The first kappa shape index (κ1) is 31.7. The van der Waals surface area contributed by atoms with Crippen LogP contribution in [0.3, 0.4) is 0 Å². The van der Waals surface area contributed by atoms with Crippen molar-refractivity contribution in [2.75, 3.05) is 7.11 Å². The number of ether oxygens (including phenoxy) is 1. The van der Waals surface area contributed by atoms with Crippen LogP contribution in [0.4, 0.5) is 13.2 Å². The van der Waals surface area contributed by atoms with Crippen LogP contribution in [0.5, 0.6) is 5.75 Å². The Kier molecular flexibility index (Phi) is 11.6. The predicted molar refractivity (Wildman–Crippen MR) is 148 cm³/mol. The third-order valence-electron chi connectivity index (χ3n) is 6.44. The number of benzene rings is 2. The summed E-state index contributed by atoms with van der Waals surface area (Å²) in [7, 11) is 1.42. The van der Waals surface area contributed by atoms with E-state index in [-0.39, 0.29) is 27.5 Å². The fourth-order valence-electron chi connectivity index (χ4n) is 4.30. The molecule has 1 saturated carbocycles. The zero-order valence-corrected chi connectivity index (χ0v) is 26.4. The molecule has 1 fully saturated rings. The molecule has 3 rings (SSSR count). The van der Waals surface area contributed by atoms with Gasteiger partial charge in [0.2, 0.25) is 0 Å². The van der Waals surface area contributed by atoms with E-state index in [0.29, 0.717) is 45.8 Å². The van der Waals surface area contributed by atoms with E-state index in [0.717, 1.165) is 37.4 Å². The molecule has 11 heteroatoms. The molecule has 0 amide bonds. The van der Waals surface area contributed by atoms with Crippen molar-refractivity contribution in [3.63, 3.8) is 0 Å². The first-order chi connectivity index (χ1) is 17.3. The standard InChI is InChI=1S/C26H27F3NO3S.H3NS.Pb/c1-25(2)11-8-16(9-12-25)18-6-7-20(21(14-18)26(27,28)29)23(30)34-13-10-17-4-5-19(24(31)32)15-22(17)33-3;1-2;/h4,6-7,10,13-16,30H,8-9,11-12H2,1-3H3,(H,31,32);2H,1H2;/b13-10+,30-23?;;. The van der Waals surface area contributed by atoms with Gasteiger partial charge in [-0.3, -0.25) is 5.14 Å². The van der Waals surface area contributed by atoms with Gasteiger partial charge in [0.15, 0.2) is 0 Å². The van der Waals surface area contributed by atoms with E-state index in [2.05, 4.69) is 31.8 Å². The van der Waals surface area contributed by atoms with E-state index < -0.39 is 17.7 Å². The number of thioether (sulfide) groups is 1. The number of nitrogens with one attached hydrogen (secondary N) is 1. The number of hydrogen-bond acceptors (Lipinski definition) is 6. The molecule has 0 atom stereocenters. The molecule has 2 aromatic carbocycles. The summed E-state index contributed by atoms with van der Waals surface area (Å²) in [6.45, 7) is 4.39. The maximum atomic E-state index is 13.9. The van der Waals surface area contributed by atoms with Crippen LogP contribution in [0, 0.1) is 10.8 Å². The largest absolute Gasteiger partial charge is 0.281 e. The monoisotopic (exact) mass is 747 g/mol. The van der Waals surface area contributed by atoms with Crippen LogP contribution in [-0.4, -0.2) is 49.0 Å². The summed E-state index contributed by atoms with van der Waals surface area (Å²) in [5, 5.41) is 23.1. The van der Waals surface area contributed by atoms with Gasteiger partial charge in [-0.25, -0.2) is 0 Å². The Bertz CT molecular complexity index is 1160. The third kappa shape index (κ3) is 8.49. The second kappa shape index (κ2) is 13.5. The van der Waals surface area contributed by atoms with Gasteiger partial charge in [0.25, 0.3) is 0 Å². The molecule has 0 aromatic heterocycles. The number of hydrogen-bond donors (Lipinski definition) is 4. The first-order valence-corrected chi connectivity index (χ1v) is 14.7. The van der Waals surface area contributed by atoms with Gasteiger partial charge in [-0.05, 0) is 31.1 Å². The summed E-state index contributed by atoms with van der Waals surface area (Å²) in [6.07, 6.45) is 0.753. The average molecular weight is 747 g/mol. The number of carboxylic acids is 1. The molecular weight excluding hydrogens is 717 g/mol. The minimum atomic E-state index is -4.56. The number of rotatable bonds is 6. The van der Waals surface area contributed by atoms with Crippen LogP contribution in [-0.2, 0) is 6.18 Å². The van der Waals surface area contributed by atoms with Crippen molar-refractivity contribution in [2.24, 2.45) is 10.6 Å². The van der Waals surface area contributed by atoms with E-state index in [1.54, 1.807) is 18.2 Å². The molecule has 0 unspecified atom stereocenters. The van der Waals surface area contributed by atoms with Crippen molar-refractivity contribution in [3.05, 3.63) is 63.6 Å². The summed E-state index contributed by atoms with van der Waals surface area (Å²) in [6, 6.07) is 7.50. The molecular formula is C26H30F3N2O3PbS2. The normalized spacial score (nSPS) is 15.7. The number of carboxylic acid groups (broad SMARTS) is 1. The fourth-order valence-corrected chi connectivity index (χ4v) is 6.26. The molecule has 0 bridgehead atoms. The van der Waals surface area contributed by atoms with Crippen LogP contribution in [0.25, 0.3) is 6.08 Å². The Morgan fingerprint density at radius 2 is 1.84 bits per heavy atom. The van der Waals surface area contributed by atoms with Gasteiger partial charge < -0.3 is 0 Å². The van der Waals surface area contributed by atoms with E-state index >= 15 is 0 Å². The average Bonchev–Trinajstić information content (AvgIpc) is 2.84. The van der Waals surface area contributed by atoms with E-state index in [9.17, 15) is 23.1 Å². The minimum absolute atomic E-state index is 0.105. The minimum Gasteiger partial charge on any atom is -0.281 e. The van der Waals surface area contributed by atoms with Gasteiger partial charge in [-0.1, -0.05) is 13.8 Å². The molecule has 0 spiro atoms. The van der Waals surface area contributed by atoms with Gasteiger partial charge >= 0.3 is 179 Å². The summed E-state index contributed by atoms with van der Waals surface area (Å²) in [4.78, 5) is 11.4. The molecule has 1 aliphatic rings. The van der Waals surface area contributed by atoms with Gasteiger partial charge in [0.05, 0.1) is 0 Å². The Labute approximate surface area is 241 Å². The van der Waals surface area contributed by atoms with Crippen molar-refractivity contribution in [1.29, 1.82) is 5.41 Å². The van der Waals surface area contributed by atoms with Gasteiger partial charge in [-0.2, -0.15) is 0 Å². The van der Waals surface area contributed by atoms with Gasteiger partial charge in [0.1, 0.15) is 0 Å². The second-order valence-corrected chi connectivity index (χ2v) is 12.4. The van der Waals surface area contributed by atoms with Crippen molar-refractivity contribution in [3.8, 4) is 5.75 Å². The third-order valence-corrected chi connectivity index (χ3v) is 8.77.